The third kappa shape index (κ3) is 2.92. The Kier molecular flexibility index (Phi) is 4.00. The topological polar surface area (TPSA) is 16.1 Å². The van der Waals surface area contributed by atoms with Crippen molar-refractivity contribution in [1.29, 1.82) is 0 Å². The second kappa shape index (κ2) is 5.28. The van der Waals surface area contributed by atoms with E-state index < -0.39 is 0 Å². The van der Waals surface area contributed by atoms with Gasteiger partial charge in [-0.05, 0) is 47.4 Å². The van der Waals surface area contributed by atoms with Crippen LogP contribution in [-0.2, 0) is 6.54 Å². The second-order valence-electron chi connectivity index (χ2n) is 3.89. The van der Waals surface area contributed by atoms with Gasteiger partial charge in [-0.2, -0.15) is 0 Å². The lowest BCUT2D eigenvalue weighted by molar-refractivity contribution is 0.260. The van der Waals surface area contributed by atoms with Crippen LogP contribution in [0.5, 0.6) is 0 Å². The summed E-state index contributed by atoms with van der Waals surface area (Å²) in [5.74, 6) is 0.733. The minimum atomic E-state index is 0.539. The Morgan fingerprint density at radius 2 is 2.40 bits per heavy atom. The molecule has 0 N–H and O–H groups in total. The highest BCUT2D eigenvalue weighted by atomic mass is 79.9. The van der Waals surface area contributed by atoms with Gasteiger partial charge >= 0.3 is 0 Å². The summed E-state index contributed by atoms with van der Waals surface area (Å²) in [6.07, 6.45) is 4.33. The second-order valence-corrected chi connectivity index (χ2v) is 5.11. The predicted octanol–water partition coefficient (Wildman–Crippen LogP) is 3.05. The Bertz CT molecular complexity index is 315. The maximum Gasteiger partial charge on any atom is 0.0544 e. The van der Waals surface area contributed by atoms with E-state index in [1.54, 1.807) is 0 Å². The average Bonchev–Trinajstić information content (AvgIpc) is 2.69. The first-order valence-electron chi connectivity index (χ1n) is 5.20. The van der Waals surface area contributed by atoms with Gasteiger partial charge in [0.2, 0.25) is 0 Å². The predicted molar refractivity (Wildman–Crippen MR) is 66.1 cm³/mol. The van der Waals surface area contributed by atoms with Crippen molar-refractivity contribution in [3.63, 3.8) is 0 Å². The molecule has 4 heteroatoms. The third-order valence-electron chi connectivity index (χ3n) is 2.83. The normalized spacial score (nSPS) is 22.1. The van der Waals surface area contributed by atoms with Crippen LogP contribution in [0.2, 0.25) is 0 Å². The van der Waals surface area contributed by atoms with E-state index in [1.807, 2.05) is 12.3 Å². The van der Waals surface area contributed by atoms with Crippen molar-refractivity contribution in [2.24, 2.45) is 0 Å². The van der Waals surface area contributed by atoms with Crippen molar-refractivity contribution in [2.75, 3.05) is 12.4 Å². The van der Waals surface area contributed by atoms with Crippen LogP contribution in [0.4, 0.5) is 0 Å². The lowest BCUT2D eigenvalue weighted by atomic mass is 10.2. The molecule has 2 nitrogen and oxygen atoms in total. The van der Waals surface area contributed by atoms with Gasteiger partial charge in [0.25, 0.3) is 0 Å². The number of alkyl halides is 1. The summed E-state index contributed by atoms with van der Waals surface area (Å²) < 4.78 is 1.03. The van der Waals surface area contributed by atoms with Crippen LogP contribution in [0.3, 0.4) is 0 Å². The largest absolute Gasteiger partial charge is 0.293 e. The van der Waals surface area contributed by atoms with Crippen molar-refractivity contribution < 1.29 is 0 Å². The molecule has 1 fully saturated rings. The number of hydrogen-bond acceptors (Lipinski definition) is 2. The van der Waals surface area contributed by atoms with Gasteiger partial charge in [0.05, 0.1) is 5.69 Å². The van der Waals surface area contributed by atoms with Crippen molar-refractivity contribution in [1.82, 2.24) is 9.88 Å². The lowest BCUT2D eigenvalue weighted by Crippen LogP contribution is -2.30. The van der Waals surface area contributed by atoms with Crippen LogP contribution in [0, 0.1) is 0 Å². The fourth-order valence-corrected chi connectivity index (χ4v) is 2.57. The summed E-state index contributed by atoms with van der Waals surface area (Å²) in [6.45, 7) is 2.07. The Hall–Kier alpha value is -0.120. The van der Waals surface area contributed by atoms with Crippen LogP contribution in [0.25, 0.3) is 0 Å². The first-order chi connectivity index (χ1) is 7.29. The van der Waals surface area contributed by atoms with E-state index in [1.165, 1.54) is 12.8 Å². The van der Waals surface area contributed by atoms with Gasteiger partial charge in [0.1, 0.15) is 0 Å². The van der Waals surface area contributed by atoms with Crippen LogP contribution >= 0.6 is 27.5 Å². The molecule has 15 heavy (non-hydrogen) atoms. The van der Waals surface area contributed by atoms with E-state index in [0.29, 0.717) is 6.04 Å². The fraction of sp³-hybridized carbons (Fsp3) is 0.545. The minimum Gasteiger partial charge on any atom is -0.293 e. The van der Waals surface area contributed by atoms with Gasteiger partial charge in [-0.15, -0.1) is 11.6 Å². The van der Waals surface area contributed by atoms with E-state index in [4.69, 9.17) is 11.6 Å². The highest BCUT2D eigenvalue weighted by Crippen LogP contribution is 2.20. The number of hydrogen-bond donors (Lipinski definition) is 0. The standard InChI is InChI=1S/C11H14BrClN2/c12-9-3-4-10(14-7-9)8-15-5-1-2-11(15)6-13/h3-4,7,11H,1-2,5-6,8H2. The summed E-state index contributed by atoms with van der Waals surface area (Å²) in [6, 6.07) is 4.64. The van der Waals surface area contributed by atoms with E-state index in [9.17, 15) is 0 Å². The molecule has 2 rings (SSSR count). The molecule has 1 unspecified atom stereocenters. The van der Waals surface area contributed by atoms with Gasteiger partial charge in [0, 0.05) is 29.1 Å². The lowest BCUT2D eigenvalue weighted by Gasteiger charge is -2.21. The Morgan fingerprint density at radius 3 is 3.07 bits per heavy atom. The highest BCUT2D eigenvalue weighted by Gasteiger charge is 2.23. The fourth-order valence-electron chi connectivity index (χ4n) is 1.99. The molecule has 0 radical (unpaired) electrons. The van der Waals surface area contributed by atoms with E-state index in [0.717, 1.165) is 29.1 Å². The zero-order valence-corrected chi connectivity index (χ0v) is 10.8. The van der Waals surface area contributed by atoms with Gasteiger partial charge < -0.3 is 0 Å². The number of likely N-dealkylation sites (tertiary alicyclic amines) is 1. The Morgan fingerprint density at radius 1 is 1.53 bits per heavy atom. The molecule has 1 aliphatic rings. The van der Waals surface area contributed by atoms with Gasteiger partial charge in [-0.3, -0.25) is 9.88 Å². The molecule has 0 amide bonds. The molecule has 0 bridgehead atoms. The molecular formula is C11H14BrClN2. The summed E-state index contributed by atoms with van der Waals surface area (Å²) in [7, 11) is 0. The Labute approximate surface area is 104 Å². The summed E-state index contributed by atoms with van der Waals surface area (Å²) in [4.78, 5) is 6.80. The van der Waals surface area contributed by atoms with E-state index in [-0.39, 0.29) is 0 Å². The molecule has 82 valence electrons. The smallest absolute Gasteiger partial charge is 0.0544 e. The zero-order chi connectivity index (χ0) is 10.7. The molecule has 1 atom stereocenters. The van der Waals surface area contributed by atoms with Gasteiger partial charge in [-0.25, -0.2) is 0 Å². The molecule has 0 aromatic carbocycles. The Balaban J connectivity index is 1.99. The molecule has 1 saturated heterocycles. The summed E-state index contributed by atoms with van der Waals surface area (Å²) in [5.41, 5.74) is 1.12. The molecule has 0 saturated carbocycles. The van der Waals surface area contributed by atoms with Crippen LogP contribution in [0.15, 0.2) is 22.8 Å². The first kappa shape index (κ1) is 11.4. The maximum absolute atomic E-state index is 5.92. The summed E-state index contributed by atoms with van der Waals surface area (Å²) >= 11 is 9.31. The molecular weight excluding hydrogens is 275 g/mol. The number of pyridine rings is 1. The number of nitrogens with zero attached hydrogens (tertiary/aromatic N) is 2. The highest BCUT2D eigenvalue weighted by molar-refractivity contribution is 9.10. The van der Waals surface area contributed by atoms with Crippen LogP contribution in [-0.4, -0.2) is 28.4 Å². The van der Waals surface area contributed by atoms with E-state index >= 15 is 0 Å². The minimum absolute atomic E-state index is 0.539. The average molecular weight is 290 g/mol. The molecule has 0 spiro atoms. The van der Waals surface area contributed by atoms with Gasteiger partial charge in [-0.1, -0.05) is 0 Å². The molecule has 1 aliphatic heterocycles. The summed E-state index contributed by atoms with van der Waals surface area (Å²) in [5, 5.41) is 0. The van der Waals surface area contributed by atoms with Crippen LogP contribution in [0.1, 0.15) is 18.5 Å². The van der Waals surface area contributed by atoms with Crippen molar-refractivity contribution >= 4 is 27.5 Å². The van der Waals surface area contributed by atoms with Crippen LogP contribution < -0.4 is 0 Å². The van der Waals surface area contributed by atoms with Crippen molar-refractivity contribution in [3.05, 3.63) is 28.5 Å². The maximum atomic E-state index is 5.92. The SMILES string of the molecule is ClCC1CCCN1Cc1ccc(Br)cn1. The zero-order valence-electron chi connectivity index (χ0n) is 8.50. The first-order valence-corrected chi connectivity index (χ1v) is 6.53. The molecule has 0 aliphatic carbocycles. The van der Waals surface area contributed by atoms with Crippen molar-refractivity contribution in [3.8, 4) is 0 Å². The van der Waals surface area contributed by atoms with Crippen molar-refractivity contribution in [2.45, 2.75) is 25.4 Å². The molecule has 1 aromatic heterocycles. The quantitative estimate of drug-likeness (QED) is 0.795. The monoisotopic (exact) mass is 288 g/mol. The number of halogens is 2. The molecule has 1 aromatic rings. The number of rotatable bonds is 3. The molecule has 2 heterocycles. The third-order valence-corrected chi connectivity index (χ3v) is 3.66. The van der Waals surface area contributed by atoms with E-state index in [2.05, 4.69) is 31.9 Å². The van der Waals surface area contributed by atoms with Gasteiger partial charge in [0.15, 0.2) is 0 Å². The number of aromatic nitrogens is 1.